The monoisotopic (exact) mass is 643 g/mol. The second-order valence-corrected chi connectivity index (χ2v) is 25.0. The molecule has 0 nitrogen and oxygen atoms in total. The number of rotatable bonds is 4. The Labute approximate surface area is 296 Å². The minimum absolute atomic E-state index is 0. The second-order valence-electron chi connectivity index (χ2n) is 20.1. The van der Waals surface area contributed by atoms with Crippen LogP contribution in [0.1, 0.15) is 200 Å². The van der Waals surface area contributed by atoms with Crippen LogP contribution in [0.3, 0.4) is 0 Å². The van der Waals surface area contributed by atoms with E-state index in [4.69, 9.17) is 0 Å². The summed E-state index contributed by atoms with van der Waals surface area (Å²) < 4.78 is 0. The van der Waals surface area contributed by atoms with Crippen molar-refractivity contribution in [2.75, 3.05) is 0 Å². The summed E-state index contributed by atoms with van der Waals surface area (Å²) in [6, 6.07) is 10.4. The molecule has 2 aromatic rings. The first-order valence-corrected chi connectivity index (χ1v) is 20.0. The van der Waals surface area contributed by atoms with E-state index in [9.17, 15) is 0 Å². The number of hydrogen-bond acceptors (Lipinski definition) is 0. The quantitative estimate of drug-likeness (QED) is 0.230. The standard InChI is InChI=1S/C42H69P2.Li/c1-21-26(2)44-35(33-29(39(9,10)11)22-27(37(3,4)5)23-30(33)40(12,13)14)43-36(44)34-31(41(15,16)17)24-28(38(6,7)8)25-32(34)42(18,19)20;/h22-26,35-36H,21H2,1-20H3;/q-1;+1. The van der Waals surface area contributed by atoms with Crippen LogP contribution in [-0.4, -0.2) is 5.66 Å². The molecule has 1 aliphatic rings. The van der Waals surface area contributed by atoms with Crippen LogP contribution in [0, 0.1) is 0 Å². The molecular weight excluding hydrogens is 573 g/mol. The molecule has 0 amide bonds. The van der Waals surface area contributed by atoms with Gasteiger partial charge < -0.3 is 8.58 Å². The fourth-order valence-electron chi connectivity index (χ4n) is 6.70. The average molecular weight is 643 g/mol. The van der Waals surface area contributed by atoms with Gasteiger partial charge in [0.25, 0.3) is 0 Å². The molecule has 45 heavy (non-hydrogen) atoms. The molecule has 3 heteroatoms. The van der Waals surface area contributed by atoms with E-state index < -0.39 is 0 Å². The van der Waals surface area contributed by atoms with Crippen LogP contribution in [0.4, 0.5) is 0 Å². The van der Waals surface area contributed by atoms with Gasteiger partial charge in [-0.25, -0.2) is 0 Å². The van der Waals surface area contributed by atoms with Crippen LogP contribution in [0.5, 0.6) is 0 Å². The number of benzene rings is 2. The zero-order chi connectivity index (χ0) is 34.2. The Morgan fingerprint density at radius 2 is 0.756 bits per heavy atom. The van der Waals surface area contributed by atoms with E-state index in [1.807, 2.05) is 0 Å². The Morgan fingerprint density at radius 1 is 0.511 bits per heavy atom. The molecule has 1 fully saturated rings. The van der Waals surface area contributed by atoms with Crippen molar-refractivity contribution in [1.82, 2.24) is 0 Å². The third-order valence-electron chi connectivity index (χ3n) is 9.79. The van der Waals surface area contributed by atoms with Crippen LogP contribution >= 0.6 is 16.5 Å². The van der Waals surface area contributed by atoms with Crippen molar-refractivity contribution < 1.29 is 18.9 Å². The summed E-state index contributed by atoms with van der Waals surface area (Å²) in [5, 5.41) is 1.23. The molecule has 0 radical (unpaired) electrons. The van der Waals surface area contributed by atoms with E-state index in [-0.39, 0.29) is 59.3 Å². The second kappa shape index (κ2) is 13.3. The number of hydrogen-bond donors (Lipinski definition) is 0. The molecule has 0 bridgehead atoms. The largest absolute Gasteiger partial charge is 1.00 e. The Hall–Kier alpha value is -0.103. The molecule has 3 atom stereocenters. The van der Waals surface area contributed by atoms with E-state index in [0.29, 0.717) is 16.5 Å². The van der Waals surface area contributed by atoms with Crippen LogP contribution in [0.15, 0.2) is 24.3 Å². The summed E-state index contributed by atoms with van der Waals surface area (Å²) in [6.07, 6.45) is 1.25. The summed E-state index contributed by atoms with van der Waals surface area (Å²) in [7, 11) is 1.34. The fraction of sp³-hybridized carbons (Fsp3) is 0.714. The van der Waals surface area contributed by atoms with Crippen LogP contribution in [-0.2, 0) is 32.5 Å². The molecule has 3 unspecified atom stereocenters. The third-order valence-corrected chi connectivity index (χ3v) is 16.3. The van der Waals surface area contributed by atoms with Crippen molar-refractivity contribution in [3.05, 3.63) is 68.8 Å². The first kappa shape index (κ1) is 41.1. The van der Waals surface area contributed by atoms with Gasteiger partial charge in [0.15, 0.2) is 0 Å². The first-order chi connectivity index (χ1) is 19.5. The summed E-state index contributed by atoms with van der Waals surface area (Å²) >= 11 is 0. The van der Waals surface area contributed by atoms with E-state index in [0.717, 1.165) is 0 Å². The SMILES string of the molecule is CCC(C)P1C(c2c(C(C)(C)C)cc(C(C)(C)C)cc2C(C)(C)C)[P-]C1c1c(C(C)(C)C)cc(C(C)(C)C)cc1C(C)(C)C.[Li+]. The molecule has 0 spiro atoms. The van der Waals surface area contributed by atoms with Gasteiger partial charge in [0, 0.05) is 0 Å². The summed E-state index contributed by atoms with van der Waals surface area (Å²) in [4.78, 5) is 0. The van der Waals surface area contributed by atoms with Crippen molar-refractivity contribution in [2.45, 2.75) is 194 Å². The Balaban J connectivity index is 0.00000705. The van der Waals surface area contributed by atoms with Gasteiger partial charge >= 0.3 is 18.9 Å². The van der Waals surface area contributed by atoms with Gasteiger partial charge in [0.2, 0.25) is 0 Å². The molecule has 0 aromatic heterocycles. The predicted molar refractivity (Wildman–Crippen MR) is 204 cm³/mol. The van der Waals surface area contributed by atoms with Crippen molar-refractivity contribution >= 4 is 16.5 Å². The molecule has 0 N–H and O–H groups in total. The van der Waals surface area contributed by atoms with E-state index in [1.54, 1.807) is 42.0 Å². The van der Waals surface area contributed by atoms with Gasteiger partial charge in [-0.1, -0.05) is 174 Å². The van der Waals surface area contributed by atoms with Gasteiger partial charge in [-0.2, -0.15) is 0 Å². The van der Waals surface area contributed by atoms with Gasteiger partial charge in [-0.05, 0) is 78.0 Å². The molecule has 0 aliphatic carbocycles. The van der Waals surface area contributed by atoms with Crippen LogP contribution in [0.2, 0.25) is 0 Å². The predicted octanol–water partition coefficient (Wildman–Crippen LogP) is 11.4. The van der Waals surface area contributed by atoms with E-state index in [1.165, 1.54) is 17.5 Å². The van der Waals surface area contributed by atoms with Crippen molar-refractivity contribution in [3.63, 3.8) is 0 Å². The van der Waals surface area contributed by atoms with E-state index >= 15 is 0 Å². The normalized spacial score (nSPS) is 21.4. The Bertz CT molecular complexity index is 1170. The Kier molecular flexibility index (Phi) is 12.1. The van der Waals surface area contributed by atoms with Gasteiger partial charge in [0.05, 0.1) is 0 Å². The third kappa shape index (κ3) is 8.74. The molecule has 1 saturated heterocycles. The molecular formula is C42H69LiP2. The van der Waals surface area contributed by atoms with Gasteiger partial charge in [-0.15, -0.1) is 18.7 Å². The first-order valence-electron chi connectivity index (χ1n) is 17.4. The molecule has 248 valence electrons. The van der Waals surface area contributed by atoms with Crippen LogP contribution in [0.25, 0.3) is 0 Å². The average Bonchev–Trinajstić information content (AvgIpc) is 2.79. The van der Waals surface area contributed by atoms with Gasteiger partial charge in [-0.3, -0.25) is 0 Å². The maximum Gasteiger partial charge on any atom is 1.00 e. The van der Waals surface area contributed by atoms with Crippen LogP contribution < -0.4 is 18.9 Å². The molecule has 2 aromatic carbocycles. The molecule has 0 saturated carbocycles. The molecule has 1 heterocycles. The zero-order valence-corrected chi connectivity index (χ0v) is 35.4. The van der Waals surface area contributed by atoms with E-state index in [2.05, 4.69) is 163 Å². The maximum absolute atomic E-state index is 2.61. The topological polar surface area (TPSA) is 0 Å². The molecule has 3 rings (SSSR count). The van der Waals surface area contributed by atoms with Crippen molar-refractivity contribution in [1.29, 1.82) is 0 Å². The summed E-state index contributed by atoms with van der Waals surface area (Å²) in [5.41, 5.74) is 14.1. The fourth-order valence-corrected chi connectivity index (χ4v) is 13.8. The molecule has 1 aliphatic heterocycles. The smallest absolute Gasteiger partial charge is 0.514 e. The Morgan fingerprint density at radius 3 is 0.933 bits per heavy atom. The van der Waals surface area contributed by atoms with Gasteiger partial charge in [0.1, 0.15) is 0 Å². The van der Waals surface area contributed by atoms with Crippen molar-refractivity contribution in [2.24, 2.45) is 0 Å². The minimum Gasteiger partial charge on any atom is -0.514 e. The summed E-state index contributed by atoms with van der Waals surface area (Å²) in [6.45, 7) is 48.7. The zero-order valence-electron chi connectivity index (χ0n) is 33.6. The maximum atomic E-state index is 2.61. The van der Waals surface area contributed by atoms with Crippen molar-refractivity contribution in [3.8, 4) is 0 Å². The minimum atomic E-state index is -0.280. The summed E-state index contributed by atoms with van der Waals surface area (Å²) in [5.74, 6) is 0.